The van der Waals surface area contributed by atoms with E-state index in [1.165, 1.54) is 0 Å². The van der Waals surface area contributed by atoms with Gasteiger partial charge in [-0.05, 0) is 89.3 Å². The first-order valence-corrected chi connectivity index (χ1v) is 15.4. The van der Waals surface area contributed by atoms with E-state index in [1.807, 2.05) is 60.1 Å². The number of nitrogens with two attached hydrogens (primary N) is 1. The van der Waals surface area contributed by atoms with E-state index >= 15 is 0 Å². The van der Waals surface area contributed by atoms with E-state index < -0.39 is 17.9 Å². The summed E-state index contributed by atoms with van der Waals surface area (Å²) in [5.41, 5.74) is 11.2. The highest BCUT2D eigenvalue weighted by molar-refractivity contribution is 7.13. The first-order valence-electron chi connectivity index (χ1n) is 14.5. The highest BCUT2D eigenvalue weighted by atomic mass is 32.1. The fourth-order valence-electron chi connectivity index (χ4n) is 5.10. The molecule has 6 rings (SSSR count). The number of benzene rings is 4. The molecule has 6 aromatic rings. The third-order valence-electron chi connectivity index (χ3n) is 7.59. The summed E-state index contributed by atoms with van der Waals surface area (Å²) in [6, 6.07) is 29.6. The number of hydrogen-bond donors (Lipinski definition) is 5. The molecular formula is C36H31N5O4S. The number of para-hydroxylation sites is 1. The van der Waals surface area contributed by atoms with E-state index in [-0.39, 0.29) is 12.3 Å². The number of anilines is 3. The maximum Gasteiger partial charge on any atom is 0.255 e. The molecule has 1 atom stereocenters. The second-order valence-electron chi connectivity index (χ2n) is 10.6. The largest absolute Gasteiger partial charge is 0.497 e. The molecule has 230 valence electrons. The first-order chi connectivity index (χ1) is 22.4. The van der Waals surface area contributed by atoms with Crippen molar-refractivity contribution in [2.45, 2.75) is 12.5 Å². The van der Waals surface area contributed by atoms with Crippen molar-refractivity contribution in [1.82, 2.24) is 10.3 Å². The average molecular weight is 630 g/mol. The molecule has 46 heavy (non-hydrogen) atoms. The van der Waals surface area contributed by atoms with Crippen LogP contribution in [0.1, 0.15) is 26.3 Å². The number of H-pyrrole nitrogens is 1. The molecule has 0 aliphatic heterocycles. The fourth-order valence-corrected chi connectivity index (χ4v) is 5.83. The second-order valence-corrected chi connectivity index (χ2v) is 11.6. The van der Waals surface area contributed by atoms with Gasteiger partial charge in [0.2, 0.25) is 5.91 Å². The van der Waals surface area contributed by atoms with E-state index in [0.717, 1.165) is 26.9 Å². The Bertz CT molecular complexity index is 2000. The highest BCUT2D eigenvalue weighted by Gasteiger charge is 2.24. The van der Waals surface area contributed by atoms with Crippen LogP contribution in [0.25, 0.3) is 21.3 Å². The normalized spacial score (nSPS) is 11.5. The Hall–Kier alpha value is -5.87. The number of fused-ring (bicyclic) bond motifs is 1. The topological polar surface area (TPSA) is 138 Å². The lowest BCUT2D eigenvalue weighted by Crippen LogP contribution is -2.45. The summed E-state index contributed by atoms with van der Waals surface area (Å²) in [4.78, 5) is 44.2. The highest BCUT2D eigenvalue weighted by Crippen LogP contribution is 2.30. The predicted octanol–water partition coefficient (Wildman–Crippen LogP) is 6.72. The Labute approximate surface area is 269 Å². The van der Waals surface area contributed by atoms with Crippen molar-refractivity contribution in [3.8, 4) is 16.2 Å². The zero-order chi connectivity index (χ0) is 32.0. The van der Waals surface area contributed by atoms with E-state index in [0.29, 0.717) is 33.9 Å². The van der Waals surface area contributed by atoms with Gasteiger partial charge in [0.05, 0.1) is 18.5 Å². The van der Waals surface area contributed by atoms with Gasteiger partial charge in [0, 0.05) is 45.2 Å². The molecule has 9 nitrogen and oxygen atoms in total. The molecule has 4 aromatic carbocycles. The maximum atomic E-state index is 13.6. The number of ether oxygens (including phenoxy) is 1. The van der Waals surface area contributed by atoms with Crippen molar-refractivity contribution < 1.29 is 19.1 Å². The van der Waals surface area contributed by atoms with Gasteiger partial charge < -0.3 is 31.4 Å². The maximum absolute atomic E-state index is 13.6. The van der Waals surface area contributed by atoms with Gasteiger partial charge in [0.25, 0.3) is 11.8 Å². The zero-order valence-corrected chi connectivity index (χ0v) is 25.7. The van der Waals surface area contributed by atoms with Crippen molar-refractivity contribution in [3.63, 3.8) is 0 Å². The number of carbonyl (C=O) groups is 3. The summed E-state index contributed by atoms with van der Waals surface area (Å²) < 4.78 is 5.19. The summed E-state index contributed by atoms with van der Waals surface area (Å²) in [6.45, 7) is 0. The molecule has 0 saturated heterocycles. The van der Waals surface area contributed by atoms with E-state index in [9.17, 15) is 14.4 Å². The van der Waals surface area contributed by atoms with Gasteiger partial charge >= 0.3 is 0 Å². The second kappa shape index (κ2) is 13.4. The van der Waals surface area contributed by atoms with Crippen LogP contribution in [0, 0.1) is 0 Å². The Kier molecular flexibility index (Phi) is 8.80. The Morgan fingerprint density at radius 3 is 2.33 bits per heavy atom. The molecule has 2 aromatic heterocycles. The molecule has 2 heterocycles. The zero-order valence-electron chi connectivity index (χ0n) is 24.9. The quantitative estimate of drug-likeness (QED) is 0.107. The predicted molar refractivity (Wildman–Crippen MR) is 183 cm³/mol. The third kappa shape index (κ3) is 6.77. The molecule has 0 bridgehead atoms. The molecule has 0 spiro atoms. The molecule has 3 amide bonds. The van der Waals surface area contributed by atoms with Crippen LogP contribution in [0.4, 0.5) is 17.1 Å². The Morgan fingerprint density at radius 2 is 1.59 bits per heavy atom. The minimum absolute atomic E-state index is 0.254. The Balaban J connectivity index is 1.17. The molecular weight excluding hydrogens is 598 g/mol. The van der Waals surface area contributed by atoms with E-state index in [1.54, 1.807) is 73.0 Å². The molecule has 0 fully saturated rings. The van der Waals surface area contributed by atoms with Gasteiger partial charge in [-0.3, -0.25) is 14.4 Å². The van der Waals surface area contributed by atoms with Crippen LogP contribution < -0.4 is 26.4 Å². The van der Waals surface area contributed by atoms with Crippen molar-refractivity contribution >= 4 is 57.0 Å². The number of nitrogen functional groups attached to an aromatic ring is 1. The van der Waals surface area contributed by atoms with Crippen LogP contribution in [0.2, 0.25) is 0 Å². The minimum atomic E-state index is -0.893. The fraction of sp³-hybridized carbons (Fsp3) is 0.0833. The van der Waals surface area contributed by atoms with Crippen molar-refractivity contribution in [3.05, 3.63) is 131 Å². The smallest absolute Gasteiger partial charge is 0.255 e. The van der Waals surface area contributed by atoms with Crippen molar-refractivity contribution in [2.24, 2.45) is 0 Å². The lowest BCUT2D eigenvalue weighted by Gasteiger charge is -2.19. The third-order valence-corrected chi connectivity index (χ3v) is 8.51. The van der Waals surface area contributed by atoms with Crippen LogP contribution in [0.3, 0.4) is 0 Å². The summed E-state index contributed by atoms with van der Waals surface area (Å²) in [5, 5.41) is 11.6. The summed E-state index contributed by atoms with van der Waals surface area (Å²) >= 11 is 1.60. The molecule has 0 unspecified atom stereocenters. The van der Waals surface area contributed by atoms with Crippen LogP contribution >= 0.6 is 11.3 Å². The molecule has 0 saturated carbocycles. The van der Waals surface area contributed by atoms with Crippen LogP contribution in [0.5, 0.6) is 5.75 Å². The molecule has 6 N–H and O–H groups in total. The average Bonchev–Trinajstić information content (AvgIpc) is 3.77. The number of thiophene rings is 1. The van der Waals surface area contributed by atoms with Gasteiger partial charge in [0.1, 0.15) is 11.8 Å². The molecule has 10 heteroatoms. The van der Waals surface area contributed by atoms with Crippen LogP contribution in [-0.4, -0.2) is 35.9 Å². The number of amides is 3. The van der Waals surface area contributed by atoms with Gasteiger partial charge in [0.15, 0.2) is 0 Å². The monoisotopic (exact) mass is 629 g/mol. The van der Waals surface area contributed by atoms with Gasteiger partial charge in [-0.2, -0.15) is 0 Å². The standard InChI is InChI=1S/C36H31N5O4S/c1-45-27-15-10-23(11-16-27)35(43)41-32(20-25-21-38-30-6-3-2-5-28(25)30)36(44)39-26-13-8-22(9-14-26)34(42)40-31-19-24(12-17-29(31)37)33-7-4-18-46-33/h2-19,21,32,38H,20,37H2,1H3,(H,39,44)(H,40,42)(H,41,43)/t32-/m0/s1. The van der Waals surface area contributed by atoms with Crippen LogP contribution in [0.15, 0.2) is 115 Å². The number of aromatic nitrogens is 1. The molecule has 0 radical (unpaired) electrons. The number of hydrogen-bond acceptors (Lipinski definition) is 6. The summed E-state index contributed by atoms with van der Waals surface area (Å²) in [6.07, 6.45) is 2.10. The number of nitrogens with one attached hydrogen (secondary N) is 4. The molecule has 0 aliphatic carbocycles. The van der Waals surface area contributed by atoms with Crippen LogP contribution in [-0.2, 0) is 11.2 Å². The van der Waals surface area contributed by atoms with Gasteiger partial charge in [-0.25, -0.2) is 0 Å². The lowest BCUT2D eigenvalue weighted by molar-refractivity contribution is -0.118. The number of methoxy groups -OCH3 is 1. The summed E-state index contributed by atoms with van der Waals surface area (Å²) in [5.74, 6) is -0.506. The van der Waals surface area contributed by atoms with Crippen molar-refractivity contribution in [2.75, 3.05) is 23.5 Å². The lowest BCUT2D eigenvalue weighted by atomic mass is 10.0. The summed E-state index contributed by atoms with van der Waals surface area (Å²) in [7, 11) is 1.55. The van der Waals surface area contributed by atoms with E-state index in [4.69, 9.17) is 10.5 Å². The van der Waals surface area contributed by atoms with E-state index in [2.05, 4.69) is 20.9 Å². The minimum Gasteiger partial charge on any atom is -0.497 e. The van der Waals surface area contributed by atoms with Gasteiger partial charge in [-0.15, -0.1) is 11.3 Å². The van der Waals surface area contributed by atoms with Crippen molar-refractivity contribution in [1.29, 1.82) is 0 Å². The SMILES string of the molecule is COc1ccc(C(=O)N[C@@H](Cc2c[nH]c3ccccc23)C(=O)Nc2ccc(C(=O)Nc3cc(-c4cccs4)ccc3N)cc2)cc1. The molecule has 0 aliphatic rings. The number of aromatic amines is 1. The van der Waals surface area contributed by atoms with Gasteiger partial charge in [-0.1, -0.05) is 30.3 Å². The first kappa shape index (κ1) is 30.2. The Morgan fingerprint density at radius 1 is 0.848 bits per heavy atom. The number of rotatable bonds is 10. The number of carbonyl (C=O) groups excluding carboxylic acids is 3.